The molecule has 0 aromatic rings. The Morgan fingerprint density at radius 1 is 1.36 bits per heavy atom. The third-order valence-electron chi connectivity index (χ3n) is 2.36. The fourth-order valence-electron chi connectivity index (χ4n) is 1.63. The Bertz CT molecular complexity index is 186. The third-order valence-corrected chi connectivity index (χ3v) is 2.36. The molecule has 2 N–H and O–H groups in total. The van der Waals surface area contributed by atoms with Crippen molar-refractivity contribution in [1.82, 2.24) is 5.32 Å². The first kappa shape index (κ1) is 11.3. The third kappa shape index (κ3) is 3.96. The zero-order valence-corrected chi connectivity index (χ0v) is 8.82. The monoisotopic (exact) mass is 201 g/mol. The average Bonchev–Trinajstić information content (AvgIpc) is 2.07. The van der Waals surface area contributed by atoms with Gasteiger partial charge in [0.2, 0.25) is 0 Å². The lowest BCUT2D eigenvalue weighted by Gasteiger charge is -2.26. The van der Waals surface area contributed by atoms with Crippen LogP contribution < -0.4 is 5.32 Å². The van der Waals surface area contributed by atoms with E-state index in [1.807, 2.05) is 13.8 Å². The van der Waals surface area contributed by atoms with Gasteiger partial charge in [-0.2, -0.15) is 0 Å². The van der Waals surface area contributed by atoms with Crippen LogP contribution >= 0.6 is 0 Å². The highest BCUT2D eigenvalue weighted by molar-refractivity contribution is 5.67. The molecule has 0 spiro atoms. The molecular formula is C10H19NO3. The summed E-state index contributed by atoms with van der Waals surface area (Å²) in [6, 6.07) is 0.171. The molecule has 1 fully saturated rings. The minimum atomic E-state index is -0.346. The van der Waals surface area contributed by atoms with Crippen LogP contribution in [0.5, 0.6) is 0 Å². The van der Waals surface area contributed by atoms with Crippen LogP contribution in [-0.4, -0.2) is 29.4 Å². The second-order valence-corrected chi connectivity index (χ2v) is 4.10. The molecule has 0 unspecified atom stereocenters. The fraction of sp³-hybridized carbons (Fsp3) is 0.900. The van der Waals surface area contributed by atoms with Crippen LogP contribution in [0.1, 0.15) is 39.5 Å². The van der Waals surface area contributed by atoms with Crippen molar-refractivity contribution in [2.24, 2.45) is 0 Å². The Morgan fingerprint density at radius 3 is 2.43 bits per heavy atom. The van der Waals surface area contributed by atoms with Gasteiger partial charge in [-0.25, -0.2) is 4.79 Å². The van der Waals surface area contributed by atoms with E-state index in [1.54, 1.807) is 0 Å². The van der Waals surface area contributed by atoms with Crippen molar-refractivity contribution in [3.63, 3.8) is 0 Å². The number of amides is 1. The van der Waals surface area contributed by atoms with E-state index >= 15 is 0 Å². The van der Waals surface area contributed by atoms with Gasteiger partial charge in [-0.3, -0.25) is 0 Å². The summed E-state index contributed by atoms with van der Waals surface area (Å²) >= 11 is 0. The SMILES string of the molecule is CC(C)OC(=O)NC1CCC(O)CC1. The molecule has 0 heterocycles. The number of nitrogens with one attached hydrogen (secondary N) is 1. The largest absolute Gasteiger partial charge is 0.447 e. The number of ether oxygens (including phenoxy) is 1. The summed E-state index contributed by atoms with van der Waals surface area (Å²) in [4.78, 5) is 11.2. The molecular weight excluding hydrogens is 182 g/mol. The number of hydrogen-bond acceptors (Lipinski definition) is 3. The molecule has 4 nitrogen and oxygen atoms in total. The fourth-order valence-corrected chi connectivity index (χ4v) is 1.63. The maximum atomic E-state index is 11.2. The average molecular weight is 201 g/mol. The maximum absolute atomic E-state index is 11.2. The number of alkyl carbamates (subject to hydrolysis) is 1. The predicted molar refractivity (Wildman–Crippen MR) is 53.0 cm³/mol. The molecule has 1 aliphatic rings. The molecule has 0 atom stereocenters. The molecule has 4 heteroatoms. The highest BCUT2D eigenvalue weighted by Gasteiger charge is 2.21. The Labute approximate surface area is 84.6 Å². The van der Waals surface area contributed by atoms with Crippen LogP contribution in [0.4, 0.5) is 4.79 Å². The summed E-state index contributed by atoms with van der Waals surface area (Å²) in [5.41, 5.74) is 0. The lowest BCUT2D eigenvalue weighted by atomic mass is 9.93. The minimum Gasteiger partial charge on any atom is -0.447 e. The van der Waals surface area contributed by atoms with Crippen LogP contribution in [0, 0.1) is 0 Å². The summed E-state index contributed by atoms with van der Waals surface area (Å²) in [5, 5.41) is 12.1. The number of aliphatic hydroxyl groups is 1. The van der Waals surface area contributed by atoms with Crippen molar-refractivity contribution in [3.05, 3.63) is 0 Å². The van der Waals surface area contributed by atoms with Gasteiger partial charge in [0.15, 0.2) is 0 Å². The molecule has 0 radical (unpaired) electrons. The van der Waals surface area contributed by atoms with E-state index in [0.717, 1.165) is 25.7 Å². The number of aliphatic hydroxyl groups excluding tert-OH is 1. The molecule has 1 aliphatic carbocycles. The van der Waals surface area contributed by atoms with Crippen molar-refractivity contribution in [2.45, 2.75) is 57.8 Å². The second-order valence-electron chi connectivity index (χ2n) is 4.10. The second kappa shape index (κ2) is 5.20. The van der Waals surface area contributed by atoms with Gasteiger partial charge in [-0.15, -0.1) is 0 Å². The first-order chi connectivity index (χ1) is 6.58. The summed E-state index contributed by atoms with van der Waals surface area (Å²) in [6.45, 7) is 3.65. The number of carbonyl (C=O) groups is 1. The molecule has 0 aromatic carbocycles. The number of carbonyl (C=O) groups excluding carboxylic acids is 1. The Balaban J connectivity index is 2.20. The molecule has 0 aliphatic heterocycles. The van der Waals surface area contributed by atoms with E-state index in [0.29, 0.717) is 0 Å². The van der Waals surface area contributed by atoms with E-state index in [-0.39, 0.29) is 24.3 Å². The van der Waals surface area contributed by atoms with Gasteiger partial charge >= 0.3 is 6.09 Å². The van der Waals surface area contributed by atoms with Crippen LogP contribution in [0.2, 0.25) is 0 Å². The van der Waals surface area contributed by atoms with Crippen molar-refractivity contribution in [3.8, 4) is 0 Å². The summed E-state index contributed by atoms with van der Waals surface area (Å²) < 4.78 is 4.97. The van der Waals surface area contributed by atoms with Crippen LogP contribution in [0.3, 0.4) is 0 Å². The minimum absolute atomic E-state index is 0.0795. The van der Waals surface area contributed by atoms with E-state index in [4.69, 9.17) is 4.74 Å². The predicted octanol–water partition coefficient (Wildman–Crippen LogP) is 1.42. The summed E-state index contributed by atoms with van der Waals surface area (Å²) in [5.74, 6) is 0. The quantitative estimate of drug-likeness (QED) is 0.710. The Morgan fingerprint density at radius 2 is 1.93 bits per heavy atom. The lowest BCUT2D eigenvalue weighted by Crippen LogP contribution is -2.39. The molecule has 0 saturated heterocycles. The normalized spacial score (nSPS) is 27.4. The Kier molecular flexibility index (Phi) is 4.20. The van der Waals surface area contributed by atoms with Gasteiger partial charge in [0.25, 0.3) is 0 Å². The van der Waals surface area contributed by atoms with E-state index in [2.05, 4.69) is 5.32 Å². The summed E-state index contributed by atoms with van der Waals surface area (Å²) in [6.07, 6.45) is 2.61. The standard InChI is InChI=1S/C10H19NO3/c1-7(2)14-10(13)11-8-3-5-9(12)6-4-8/h7-9,12H,3-6H2,1-2H3,(H,11,13). The van der Waals surface area contributed by atoms with Gasteiger partial charge in [0.1, 0.15) is 0 Å². The molecule has 1 rings (SSSR count). The van der Waals surface area contributed by atoms with E-state index in [9.17, 15) is 9.90 Å². The zero-order valence-electron chi connectivity index (χ0n) is 8.82. The van der Waals surface area contributed by atoms with Crippen molar-refractivity contribution in [2.75, 3.05) is 0 Å². The molecule has 0 aromatic heterocycles. The van der Waals surface area contributed by atoms with Gasteiger partial charge in [0.05, 0.1) is 12.2 Å². The summed E-state index contributed by atoms with van der Waals surface area (Å²) in [7, 11) is 0. The smallest absolute Gasteiger partial charge is 0.407 e. The number of hydrogen-bond donors (Lipinski definition) is 2. The molecule has 1 saturated carbocycles. The van der Waals surface area contributed by atoms with Gasteiger partial charge in [-0.05, 0) is 39.5 Å². The first-order valence-electron chi connectivity index (χ1n) is 5.23. The highest BCUT2D eigenvalue weighted by atomic mass is 16.6. The van der Waals surface area contributed by atoms with Crippen molar-refractivity contribution < 1.29 is 14.6 Å². The van der Waals surface area contributed by atoms with Crippen molar-refractivity contribution in [1.29, 1.82) is 0 Å². The zero-order chi connectivity index (χ0) is 10.6. The maximum Gasteiger partial charge on any atom is 0.407 e. The van der Waals surface area contributed by atoms with Gasteiger partial charge in [0, 0.05) is 6.04 Å². The Hall–Kier alpha value is -0.770. The topological polar surface area (TPSA) is 58.6 Å². The van der Waals surface area contributed by atoms with Crippen LogP contribution in [-0.2, 0) is 4.74 Å². The number of rotatable bonds is 2. The van der Waals surface area contributed by atoms with Gasteiger partial charge in [-0.1, -0.05) is 0 Å². The van der Waals surface area contributed by atoms with Crippen molar-refractivity contribution >= 4 is 6.09 Å². The highest BCUT2D eigenvalue weighted by Crippen LogP contribution is 2.18. The van der Waals surface area contributed by atoms with E-state index in [1.165, 1.54) is 0 Å². The molecule has 14 heavy (non-hydrogen) atoms. The molecule has 0 bridgehead atoms. The van der Waals surface area contributed by atoms with Crippen LogP contribution in [0.25, 0.3) is 0 Å². The lowest BCUT2D eigenvalue weighted by molar-refractivity contribution is 0.0942. The van der Waals surface area contributed by atoms with E-state index < -0.39 is 0 Å². The van der Waals surface area contributed by atoms with Crippen LogP contribution in [0.15, 0.2) is 0 Å². The molecule has 82 valence electrons. The molecule has 1 amide bonds. The van der Waals surface area contributed by atoms with Gasteiger partial charge < -0.3 is 15.2 Å². The first-order valence-corrected chi connectivity index (χ1v) is 5.23.